The number of aromatic nitrogens is 1. The van der Waals surface area contributed by atoms with Gasteiger partial charge in [0.05, 0.1) is 11.1 Å². The van der Waals surface area contributed by atoms with Crippen LogP contribution in [0.3, 0.4) is 0 Å². The fourth-order valence-electron chi connectivity index (χ4n) is 3.47. The van der Waals surface area contributed by atoms with Crippen LogP contribution in [0.1, 0.15) is 28.4 Å². The Morgan fingerprint density at radius 2 is 2.19 bits per heavy atom. The van der Waals surface area contributed by atoms with Crippen LogP contribution in [-0.2, 0) is 12.8 Å². The van der Waals surface area contributed by atoms with Crippen LogP contribution in [0.2, 0.25) is 0 Å². The maximum absolute atomic E-state index is 14.0. The van der Waals surface area contributed by atoms with Crippen molar-refractivity contribution >= 4 is 16.8 Å². The first-order chi connectivity index (χ1) is 12.5. The van der Waals surface area contributed by atoms with Crippen LogP contribution in [-0.4, -0.2) is 23.5 Å². The molecule has 1 amide bonds. The molecule has 0 aliphatic carbocycles. The van der Waals surface area contributed by atoms with Crippen molar-refractivity contribution in [3.8, 4) is 5.75 Å². The summed E-state index contributed by atoms with van der Waals surface area (Å²) >= 11 is 0. The van der Waals surface area contributed by atoms with Crippen LogP contribution >= 0.6 is 0 Å². The second kappa shape index (κ2) is 6.44. The van der Waals surface area contributed by atoms with Gasteiger partial charge in [0.15, 0.2) is 0 Å². The van der Waals surface area contributed by atoms with Crippen molar-refractivity contribution in [2.24, 2.45) is 0 Å². The highest BCUT2D eigenvalue weighted by Gasteiger charge is 2.24. The monoisotopic (exact) mass is 356 g/mol. The molecule has 6 heteroatoms. The fraction of sp³-hybridized carbons (Fsp3) is 0.250. The zero-order valence-corrected chi connectivity index (χ0v) is 14.2. The highest BCUT2D eigenvalue weighted by atomic mass is 19.1. The highest BCUT2D eigenvalue weighted by molar-refractivity contribution is 5.97. The molecule has 1 unspecified atom stereocenters. The standard InChI is InChI=1S/C20H18F2N2O2/c1-11-7-12-3-2-4-15(19(12)26-11)20(25)23-6-5-13-10-24-17-9-14(21)8-16(22)18(13)17/h2-4,8-11,24H,5-7H2,1H3,(H,23,25). The maximum atomic E-state index is 14.0. The normalized spacial score (nSPS) is 15.7. The number of ether oxygens (including phenoxy) is 1. The van der Waals surface area contributed by atoms with E-state index >= 15 is 0 Å². The molecule has 134 valence electrons. The van der Waals surface area contributed by atoms with Gasteiger partial charge in [-0.3, -0.25) is 4.79 Å². The second-order valence-corrected chi connectivity index (χ2v) is 6.56. The lowest BCUT2D eigenvalue weighted by Crippen LogP contribution is -2.26. The number of hydrogen-bond donors (Lipinski definition) is 2. The van der Waals surface area contributed by atoms with Crippen molar-refractivity contribution in [3.05, 3.63) is 64.9 Å². The lowest BCUT2D eigenvalue weighted by atomic mass is 10.1. The Kier molecular flexibility index (Phi) is 4.11. The summed E-state index contributed by atoms with van der Waals surface area (Å²) in [4.78, 5) is 15.4. The van der Waals surface area contributed by atoms with Crippen LogP contribution in [0, 0.1) is 11.6 Å². The maximum Gasteiger partial charge on any atom is 0.255 e. The third-order valence-corrected chi connectivity index (χ3v) is 4.63. The molecule has 1 aliphatic heterocycles. The van der Waals surface area contributed by atoms with Gasteiger partial charge in [0.25, 0.3) is 5.91 Å². The van der Waals surface area contributed by atoms with Gasteiger partial charge in [-0.2, -0.15) is 0 Å². The summed E-state index contributed by atoms with van der Waals surface area (Å²) in [6.45, 7) is 2.30. The van der Waals surface area contributed by atoms with Gasteiger partial charge < -0.3 is 15.0 Å². The molecule has 1 aliphatic rings. The van der Waals surface area contributed by atoms with E-state index in [1.165, 1.54) is 6.07 Å². The van der Waals surface area contributed by atoms with Crippen LogP contribution in [0.25, 0.3) is 10.9 Å². The van der Waals surface area contributed by atoms with Crippen molar-refractivity contribution < 1.29 is 18.3 Å². The number of amides is 1. The molecule has 2 heterocycles. The fourth-order valence-corrected chi connectivity index (χ4v) is 3.47. The number of benzene rings is 2. The minimum atomic E-state index is -0.621. The lowest BCUT2D eigenvalue weighted by molar-refractivity contribution is 0.0949. The van der Waals surface area contributed by atoms with Crippen LogP contribution in [0.5, 0.6) is 5.75 Å². The highest BCUT2D eigenvalue weighted by Crippen LogP contribution is 2.32. The Bertz CT molecular complexity index is 997. The van der Waals surface area contributed by atoms with Gasteiger partial charge in [0.1, 0.15) is 23.5 Å². The molecule has 1 atom stereocenters. The Morgan fingerprint density at radius 1 is 1.35 bits per heavy atom. The van der Waals surface area contributed by atoms with Gasteiger partial charge in [-0.15, -0.1) is 0 Å². The molecule has 3 aromatic rings. The number of carbonyl (C=O) groups excluding carboxylic acids is 1. The molecule has 0 spiro atoms. The van der Waals surface area contributed by atoms with E-state index in [0.717, 1.165) is 18.1 Å². The summed E-state index contributed by atoms with van der Waals surface area (Å²) in [7, 11) is 0. The molecule has 2 N–H and O–H groups in total. The summed E-state index contributed by atoms with van der Waals surface area (Å²) in [5.41, 5.74) is 2.65. The molecule has 0 fully saturated rings. The van der Waals surface area contributed by atoms with Crippen LogP contribution in [0.15, 0.2) is 36.5 Å². The van der Waals surface area contributed by atoms with Crippen LogP contribution < -0.4 is 10.1 Å². The number of para-hydroxylation sites is 1. The molecule has 4 nitrogen and oxygen atoms in total. The number of nitrogens with one attached hydrogen (secondary N) is 2. The number of fused-ring (bicyclic) bond motifs is 2. The van der Waals surface area contributed by atoms with E-state index < -0.39 is 11.6 Å². The van der Waals surface area contributed by atoms with Gasteiger partial charge in [0.2, 0.25) is 0 Å². The Morgan fingerprint density at radius 3 is 3.04 bits per heavy atom. The SMILES string of the molecule is CC1Cc2cccc(C(=O)NCCc3c[nH]c4cc(F)cc(F)c34)c2O1. The minimum absolute atomic E-state index is 0.0635. The van der Waals surface area contributed by atoms with E-state index in [1.807, 2.05) is 19.1 Å². The molecule has 4 rings (SSSR count). The number of aromatic amines is 1. The molecule has 0 radical (unpaired) electrons. The molecule has 0 saturated carbocycles. The third-order valence-electron chi connectivity index (χ3n) is 4.63. The Labute approximate surface area is 149 Å². The first kappa shape index (κ1) is 16.6. The average Bonchev–Trinajstić information content (AvgIpc) is 3.16. The number of rotatable bonds is 4. The zero-order valence-electron chi connectivity index (χ0n) is 14.2. The van der Waals surface area contributed by atoms with E-state index in [1.54, 1.807) is 12.3 Å². The van der Waals surface area contributed by atoms with Gasteiger partial charge in [-0.05, 0) is 36.6 Å². The van der Waals surface area contributed by atoms with E-state index in [-0.39, 0.29) is 12.0 Å². The largest absolute Gasteiger partial charge is 0.489 e. The van der Waals surface area contributed by atoms with Crippen molar-refractivity contribution in [2.45, 2.75) is 25.9 Å². The van der Waals surface area contributed by atoms with E-state index in [9.17, 15) is 13.6 Å². The lowest BCUT2D eigenvalue weighted by Gasteiger charge is -2.10. The van der Waals surface area contributed by atoms with Gasteiger partial charge in [-0.1, -0.05) is 12.1 Å². The first-order valence-corrected chi connectivity index (χ1v) is 8.54. The molecule has 26 heavy (non-hydrogen) atoms. The van der Waals surface area contributed by atoms with Crippen molar-refractivity contribution in [1.82, 2.24) is 10.3 Å². The van der Waals surface area contributed by atoms with E-state index in [0.29, 0.717) is 40.7 Å². The summed E-state index contributed by atoms with van der Waals surface area (Å²) in [6.07, 6.45) is 2.93. The number of H-pyrrole nitrogens is 1. The predicted octanol–water partition coefficient (Wildman–Crippen LogP) is 3.74. The average molecular weight is 356 g/mol. The molecule has 2 aromatic carbocycles. The van der Waals surface area contributed by atoms with Gasteiger partial charge in [0, 0.05) is 30.6 Å². The number of halogens is 2. The number of carbonyl (C=O) groups is 1. The smallest absolute Gasteiger partial charge is 0.255 e. The van der Waals surface area contributed by atoms with Crippen molar-refractivity contribution in [2.75, 3.05) is 6.54 Å². The van der Waals surface area contributed by atoms with E-state index in [4.69, 9.17) is 4.74 Å². The molecule has 0 bridgehead atoms. The first-order valence-electron chi connectivity index (χ1n) is 8.54. The third kappa shape index (κ3) is 2.92. The second-order valence-electron chi connectivity index (χ2n) is 6.56. The topological polar surface area (TPSA) is 54.1 Å². The van der Waals surface area contributed by atoms with Crippen molar-refractivity contribution in [1.29, 1.82) is 0 Å². The minimum Gasteiger partial charge on any atom is -0.489 e. The summed E-state index contributed by atoms with van der Waals surface area (Å²) in [6, 6.07) is 7.67. The molecular weight excluding hydrogens is 338 g/mol. The molecule has 1 aromatic heterocycles. The Hall–Kier alpha value is -2.89. The molecular formula is C20H18F2N2O2. The van der Waals surface area contributed by atoms with Gasteiger partial charge in [-0.25, -0.2) is 8.78 Å². The number of hydrogen-bond acceptors (Lipinski definition) is 2. The summed E-state index contributed by atoms with van der Waals surface area (Å²) in [5.74, 6) is -0.803. The molecule has 0 saturated heterocycles. The predicted molar refractivity (Wildman–Crippen MR) is 94.5 cm³/mol. The Balaban J connectivity index is 1.46. The van der Waals surface area contributed by atoms with Crippen LogP contribution in [0.4, 0.5) is 8.78 Å². The van der Waals surface area contributed by atoms with Gasteiger partial charge >= 0.3 is 0 Å². The quantitative estimate of drug-likeness (QED) is 0.748. The van der Waals surface area contributed by atoms with Crippen molar-refractivity contribution in [3.63, 3.8) is 0 Å². The van der Waals surface area contributed by atoms with E-state index in [2.05, 4.69) is 10.3 Å². The summed E-state index contributed by atoms with van der Waals surface area (Å²) < 4.78 is 33.0. The zero-order chi connectivity index (χ0) is 18.3. The summed E-state index contributed by atoms with van der Waals surface area (Å²) in [5, 5.41) is 3.21.